The van der Waals surface area contributed by atoms with Crippen molar-refractivity contribution >= 4 is 0 Å². The normalized spacial score (nSPS) is 15.4. The summed E-state index contributed by atoms with van der Waals surface area (Å²) in [6, 6.07) is 0.324. The smallest absolute Gasteiger partial charge is 0.0747 e. The van der Waals surface area contributed by atoms with E-state index in [1.54, 1.807) is 0 Å². The van der Waals surface area contributed by atoms with Gasteiger partial charge in [0.25, 0.3) is 0 Å². The van der Waals surface area contributed by atoms with Gasteiger partial charge in [-0.2, -0.15) is 0 Å². The van der Waals surface area contributed by atoms with E-state index in [1.807, 2.05) is 13.8 Å². The number of hydrogen-bond acceptors (Lipinski definition) is 3. The maximum atomic E-state index is 5.66. The minimum Gasteiger partial charge on any atom is -0.380 e. The highest BCUT2D eigenvalue weighted by Gasteiger charge is 2.18. The predicted octanol–water partition coefficient (Wildman–Crippen LogP) is 1.82. The van der Waals surface area contributed by atoms with Gasteiger partial charge in [-0.25, -0.2) is 0 Å². The maximum Gasteiger partial charge on any atom is 0.0747 e. The van der Waals surface area contributed by atoms with Crippen LogP contribution in [0.2, 0.25) is 0 Å². The molecule has 0 bridgehead atoms. The van der Waals surface area contributed by atoms with Gasteiger partial charge in [0.15, 0.2) is 0 Å². The molecule has 0 aliphatic carbocycles. The van der Waals surface area contributed by atoms with E-state index in [0.29, 0.717) is 6.04 Å². The lowest BCUT2D eigenvalue weighted by Crippen LogP contribution is -2.44. The highest BCUT2D eigenvalue weighted by molar-refractivity contribution is 4.75. The zero-order valence-corrected chi connectivity index (χ0v) is 10.0. The summed E-state index contributed by atoms with van der Waals surface area (Å²) in [5.41, 5.74) is 0. The van der Waals surface area contributed by atoms with Crippen molar-refractivity contribution in [3.63, 3.8) is 0 Å². The lowest BCUT2D eigenvalue weighted by Gasteiger charge is -2.26. The Morgan fingerprint density at radius 3 is 2.21 bits per heavy atom. The van der Waals surface area contributed by atoms with Crippen LogP contribution in [0.4, 0.5) is 0 Å². The lowest BCUT2D eigenvalue weighted by atomic mass is 10.1. The van der Waals surface area contributed by atoms with Crippen LogP contribution >= 0.6 is 0 Å². The maximum absolute atomic E-state index is 5.66. The molecule has 0 rings (SSSR count). The Kier molecular flexibility index (Phi) is 9.35. The third-order valence-corrected chi connectivity index (χ3v) is 2.20. The second-order valence-corrected chi connectivity index (χ2v) is 3.23. The van der Waals surface area contributed by atoms with Crippen LogP contribution in [0.3, 0.4) is 0 Å². The van der Waals surface area contributed by atoms with Gasteiger partial charge in [-0.1, -0.05) is 13.8 Å². The van der Waals surface area contributed by atoms with E-state index in [1.165, 1.54) is 0 Å². The largest absolute Gasteiger partial charge is 0.380 e. The summed E-state index contributed by atoms with van der Waals surface area (Å²) >= 11 is 0. The molecule has 0 aromatic heterocycles. The Labute approximate surface area is 88.2 Å². The van der Waals surface area contributed by atoms with E-state index < -0.39 is 0 Å². The highest BCUT2D eigenvalue weighted by atomic mass is 16.5. The third kappa shape index (κ3) is 5.58. The molecule has 2 unspecified atom stereocenters. The number of ether oxygens (including phenoxy) is 2. The molecule has 0 saturated heterocycles. The summed E-state index contributed by atoms with van der Waals surface area (Å²) in [5.74, 6) is 0. The third-order valence-electron chi connectivity index (χ3n) is 2.20. The molecule has 1 N–H and O–H groups in total. The monoisotopic (exact) mass is 203 g/mol. The second kappa shape index (κ2) is 9.44. The average Bonchev–Trinajstić information content (AvgIpc) is 2.21. The minimum atomic E-state index is 0.270. The molecular weight excluding hydrogens is 178 g/mol. The first kappa shape index (κ1) is 13.9. The Balaban J connectivity index is 3.97. The fraction of sp³-hybridized carbons (Fsp3) is 1.00. The zero-order chi connectivity index (χ0) is 10.8. The van der Waals surface area contributed by atoms with Crippen molar-refractivity contribution in [1.82, 2.24) is 5.32 Å². The number of nitrogens with one attached hydrogen (secondary N) is 1. The number of likely N-dealkylation sites (N-methyl/N-ethyl adjacent to an activating group) is 1. The van der Waals surface area contributed by atoms with Crippen LogP contribution in [0.25, 0.3) is 0 Å². The molecule has 0 spiro atoms. The standard InChI is InChI=1S/C11H25NO2/c1-5-11(14-8-4)10(12-6-2)9-13-7-3/h10-12H,5-9H2,1-4H3. The van der Waals surface area contributed by atoms with E-state index in [2.05, 4.69) is 19.2 Å². The van der Waals surface area contributed by atoms with E-state index in [-0.39, 0.29) is 6.10 Å². The topological polar surface area (TPSA) is 30.5 Å². The molecule has 0 aliphatic heterocycles. The van der Waals surface area contributed by atoms with Crippen LogP contribution in [-0.2, 0) is 9.47 Å². The van der Waals surface area contributed by atoms with Crippen molar-refractivity contribution in [1.29, 1.82) is 0 Å². The molecule has 0 aromatic carbocycles. The van der Waals surface area contributed by atoms with Gasteiger partial charge in [0.1, 0.15) is 0 Å². The SMILES string of the molecule is CCNC(COCC)C(CC)OCC. The summed E-state index contributed by atoms with van der Waals surface area (Å²) in [6.07, 6.45) is 1.30. The van der Waals surface area contributed by atoms with Crippen molar-refractivity contribution in [2.45, 2.75) is 46.3 Å². The van der Waals surface area contributed by atoms with Gasteiger partial charge in [0.2, 0.25) is 0 Å². The number of hydrogen-bond donors (Lipinski definition) is 1. The summed E-state index contributed by atoms with van der Waals surface area (Å²) in [5, 5.41) is 3.40. The molecule has 14 heavy (non-hydrogen) atoms. The molecule has 0 aromatic rings. The average molecular weight is 203 g/mol. The van der Waals surface area contributed by atoms with Gasteiger partial charge in [-0.3, -0.25) is 0 Å². The Morgan fingerprint density at radius 2 is 1.79 bits per heavy atom. The summed E-state index contributed by atoms with van der Waals surface area (Å²) in [6.45, 7) is 11.5. The molecule has 0 radical (unpaired) electrons. The lowest BCUT2D eigenvalue weighted by molar-refractivity contribution is 0.00111. The summed E-state index contributed by atoms with van der Waals surface area (Å²) in [4.78, 5) is 0. The second-order valence-electron chi connectivity index (χ2n) is 3.23. The van der Waals surface area contributed by atoms with Crippen LogP contribution in [0.5, 0.6) is 0 Å². The molecule has 3 nitrogen and oxygen atoms in total. The quantitative estimate of drug-likeness (QED) is 0.620. The van der Waals surface area contributed by atoms with Crippen molar-refractivity contribution in [2.24, 2.45) is 0 Å². The van der Waals surface area contributed by atoms with Crippen molar-refractivity contribution in [3.8, 4) is 0 Å². The molecule has 3 heteroatoms. The van der Waals surface area contributed by atoms with Gasteiger partial charge in [-0.05, 0) is 26.8 Å². The molecule has 0 saturated carbocycles. The van der Waals surface area contributed by atoms with Crippen LogP contribution < -0.4 is 5.32 Å². The first-order valence-corrected chi connectivity index (χ1v) is 5.72. The summed E-state index contributed by atoms with van der Waals surface area (Å²) < 4.78 is 11.1. The van der Waals surface area contributed by atoms with E-state index in [0.717, 1.165) is 32.8 Å². The fourth-order valence-corrected chi connectivity index (χ4v) is 1.54. The first-order valence-electron chi connectivity index (χ1n) is 5.72. The summed E-state index contributed by atoms with van der Waals surface area (Å²) in [7, 11) is 0. The van der Waals surface area contributed by atoms with Crippen LogP contribution in [-0.4, -0.2) is 38.5 Å². The van der Waals surface area contributed by atoms with Gasteiger partial charge in [-0.15, -0.1) is 0 Å². The van der Waals surface area contributed by atoms with E-state index >= 15 is 0 Å². The first-order chi connectivity index (χ1) is 6.79. The van der Waals surface area contributed by atoms with Crippen molar-refractivity contribution < 1.29 is 9.47 Å². The Morgan fingerprint density at radius 1 is 1.07 bits per heavy atom. The molecular formula is C11H25NO2. The van der Waals surface area contributed by atoms with Gasteiger partial charge in [0.05, 0.1) is 18.8 Å². The predicted molar refractivity (Wildman–Crippen MR) is 59.7 cm³/mol. The molecule has 0 amide bonds. The van der Waals surface area contributed by atoms with Gasteiger partial charge in [0, 0.05) is 13.2 Å². The van der Waals surface area contributed by atoms with Gasteiger partial charge < -0.3 is 14.8 Å². The molecule has 0 heterocycles. The fourth-order valence-electron chi connectivity index (χ4n) is 1.54. The van der Waals surface area contributed by atoms with E-state index in [4.69, 9.17) is 9.47 Å². The minimum absolute atomic E-state index is 0.270. The van der Waals surface area contributed by atoms with Gasteiger partial charge >= 0.3 is 0 Å². The number of rotatable bonds is 9. The van der Waals surface area contributed by atoms with E-state index in [9.17, 15) is 0 Å². The van der Waals surface area contributed by atoms with Crippen molar-refractivity contribution in [3.05, 3.63) is 0 Å². The molecule has 2 atom stereocenters. The Bertz CT molecular complexity index is 120. The van der Waals surface area contributed by atoms with Crippen LogP contribution in [0.15, 0.2) is 0 Å². The molecule has 86 valence electrons. The zero-order valence-electron chi connectivity index (χ0n) is 10.0. The van der Waals surface area contributed by atoms with Crippen molar-refractivity contribution in [2.75, 3.05) is 26.4 Å². The Hall–Kier alpha value is -0.120. The highest BCUT2D eigenvalue weighted by Crippen LogP contribution is 2.05. The molecule has 0 fully saturated rings. The van der Waals surface area contributed by atoms with Crippen LogP contribution in [0.1, 0.15) is 34.1 Å². The van der Waals surface area contributed by atoms with Crippen LogP contribution in [0, 0.1) is 0 Å². The molecule has 0 aliphatic rings.